The van der Waals surface area contributed by atoms with E-state index in [9.17, 15) is 0 Å². The van der Waals surface area contributed by atoms with Gasteiger partial charge in [0, 0.05) is 0 Å². The Morgan fingerprint density at radius 1 is 0.529 bits per heavy atom. The second kappa shape index (κ2) is 64.9. The third-order valence-electron chi connectivity index (χ3n) is 0. The van der Waals surface area contributed by atoms with Crippen molar-refractivity contribution in [3.63, 3.8) is 0 Å². The second-order valence-corrected chi connectivity index (χ2v) is 20.0. The van der Waals surface area contributed by atoms with Crippen molar-refractivity contribution in [3.8, 4) is 0 Å². The predicted octanol–water partition coefficient (Wildman–Crippen LogP) is -22.4. The average Bonchev–Trinajstić information content (AvgIpc) is 0.722. The molecule has 0 saturated carbocycles. The molecular formula is Cl12GdGeHfInMg+4. The Bertz CT molecular complexity index is 42.0. The Morgan fingerprint density at radius 2 is 0.529 bits per heavy atom. The largest absolute Gasteiger partial charge is 4.00 e. The van der Waals surface area contributed by atoms with Gasteiger partial charge in [0.05, 0.1) is 0 Å². The van der Waals surface area contributed by atoms with Crippen molar-refractivity contribution >= 4 is 98.5 Å². The summed E-state index contributed by atoms with van der Waals surface area (Å²) in [7, 11) is 16.9. The quantitative estimate of drug-likeness (QED) is 0.212. The van der Waals surface area contributed by atoms with E-state index in [1.807, 2.05) is 0 Å². The third kappa shape index (κ3) is 185. The summed E-state index contributed by atoms with van der Waals surface area (Å²) in [6, 6.07) is 0. The number of halogens is 12. The first kappa shape index (κ1) is 101. The Labute approximate surface area is 257 Å². The molecule has 0 aromatic rings. The number of hydrogen-bond acceptors (Lipinski definition) is 0. The second-order valence-electron chi connectivity index (χ2n) is 0.429. The van der Waals surface area contributed by atoms with Crippen LogP contribution in [0.25, 0.3) is 0 Å². The van der Waals surface area contributed by atoms with Crippen molar-refractivity contribution in [1.82, 2.24) is 0 Å². The summed E-state index contributed by atoms with van der Waals surface area (Å²) < 4.78 is 0. The van der Waals surface area contributed by atoms with Crippen LogP contribution in [-0.4, -0.2) is 58.4 Å². The van der Waals surface area contributed by atoms with Crippen LogP contribution in [0.2, 0.25) is 0 Å². The van der Waals surface area contributed by atoms with Crippen molar-refractivity contribution in [1.29, 1.82) is 0 Å². The van der Waals surface area contributed by atoms with Gasteiger partial charge in [0.1, 0.15) is 0 Å². The van der Waals surface area contributed by atoms with Crippen molar-refractivity contribution in [2.24, 2.45) is 0 Å². The molecule has 0 fully saturated rings. The molecule has 0 heterocycles. The fourth-order valence-electron chi connectivity index (χ4n) is 0. The standard InChI is InChI=1S/Cl4Ge.8ClH.Gd.Hf.In.Mg/c1-5(2,3)4;;;;;;;;;;;;/h;8*1H;;;;/q;;;;;;;;;+3;+4;+3;+2/p-8. The normalized spacial score (nSPS) is 3.53. The molecular weight excluding hydrogens is 973 g/mol. The van der Waals surface area contributed by atoms with E-state index in [-0.39, 0.29) is 214 Å². The van der Waals surface area contributed by atoms with Gasteiger partial charge in [-0.05, 0) is 0 Å². The van der Waals surface area contributed by atoms with E-state index < -0.39 is 9.55 Å². The van der Waals surface area contributed by atoms with Crippen LogP contribution in [0.4, 0.5) is 0 Å². The molecule has 17 heavy (non-hydrogen) atoms. The SMILES string of the molecule is [Cl-].[Cl-].[Cl-].[Cl-].[Cl-].[Cl-].[Cl-].[Cl-].[Cl][Ge]([Cl])([Cl])[Cl].[Gd+3].[Hf+4].[In+3].[Mg+2]. The van der Waals surface area contributed by atoms with E-state index >= 15 is 0 Å². The number of rotatable bonds is 0. The summed E-state index contributed by atoms with van der Waals surface area (Å²) in [4.78, 5) is 0. The minimum Gasteiger partial charge on any atom is 2.00 e. The Morgan fingerprint density at radius 3 is 0.529 bits per heavy atom. The van der Waals surface area contributed by atoms with Crippen LogP contribution in [-0.2, 0) is 25.8 Å². The van der Waals surface area contributed by atoms with E-state index in [2.05, 4.69) is 0 Å². The topological polar surface area (TPSA) is 0 Å². The van der Waals surface area contributed by atoms with E-state index in [1.54, 1.807) is 0 Å². The van der Waals surface area contributed by atoms with Crippen molar-refractivity contribution < 1.29 is 165 Å². The molecule has 0 unspecified atom stereocenters. The van der Waals surface area contributed by atoms with Gasteiger partial charge < -0.3 is 99.3 Å². The summed E-state index contributed by atoms with van der Waals surface area (Å²) in [5.41, 5.74) is 0. The van der Waals surface area contributed by atoms with Crippen LogP contribution in [0.3, 0.4) is 0 Å². The van der Waals surface area contributed by atoms with E-state index in [0.717, 1.165) is 0 Å². The van der Waals surface area contributed by atoms with Crippen molar-refractivity contribution in [2.75, 3.05) is 0 Å². The van der Waals surface area contributed by atoms with Gasteiger partial charge in [0.2, 0.25) is 0 Å². The molecule has 0 bridgehead atoms. The minimum atomic E-state index is -3.11. The van der Waals surface area contributed by atoms with Crippen molar-refractivity contribution in [3.05, 3.63) is 0 Å². The van der Waals surface area contributed by atoms with Crippen molar-refractivity contribution in [2.45, 2.75) is 0 Å². The molecule has 1 radical (unpaired) electrons. The average molecular weight is 973 g/mol. The van der Waals surface area contributed by atoms with Gasteiger partial charge in [-0.3, -0.25) is 0 Å². The molecule has 0 aliphatic carbocycles. The van der Waals surface area contributed by atoms with E-state index in [1.165, 1.54) is 0 Å². The molecule has 101 valence electrons. The first-order chi connectivity index (χ1) is 2.00. The van der Waals surface area contributed by atoms with Gasteiger partial charge in [-0.2, -0.15) is 0 Å². The van der Waals surface area contributed by atoms with Gasteiger partial charge in [-0.1, -0.05) is 0 Å². The van der Waals surface area contributed by atoms with Gasteiger partial charge in [0.25, 0.3) is 0 Å². The molecule has 0 rings (SSSR count). The van der Waals surface area contributed by atoms with E-state index in [4.69, 9.17) is 40.0 Å². The summed E-state index contributed by atoms with van der Waals surface area (Å²) in [5.74, 6) is 0. The van der Waals surface area contributed by atoms with Crippen LogP contribution < -0.4 is 99.3 Å². The molecule has 0 amide bonds. The maximum Gasteiger partial charge on any atom is 4.00 e. The zero-order valence-electron chi connectivity index (χ0n) is 7.17. The molecule has 0 saturated heterocycles. The number of hydrogen-bond donors (Lipinski definition) is 0. The summed E-state index contributed by atoms with van der Waals surface area (Å²) in [6.45, 7) is 0. The van der Waals surface area contributed by atoms with Gasteiger partial charge in [0.15, 0.2) is 0 Å². The molecule has 0 aliphatic heterocycles. The summed E-state index contributed by atoms with van der Waals surface area (Å²) >= 11 is 0. The fourth-order valence-corrected chi connectivity index (χ4v) is 0. The zero-order chi connectivity index (χ0) is 4.50. The molecule has 0 aromatic carbocycles. The first-order valence-electron chi connectivity index (χ1n) is 0.756. The zero-order valence-corrected chi connectivity index (χ0v) is 28.9. The van der Waals surface area contributed by atoms with Crippen LogP contribution in [0.1, 0.15) is 0 Å². The van der Waals surface area contributed by atoms with Crippen LogP contribution in [0.5, 0.6) is 0 Å². The molecule has 0 spiro atoms. The Kier molecular flexibility index (Phi) is 384. The first-order valence-corrected chi connectivity index (χ1v) is 11.8. The predicted molar refractivity (Wildman–Crippen MR) is 40.7 cm³/mol. The third-order valence-corrected chi connectivity index (χ3v) is 0. The van der Waals surface area contributed by atoms with E-state index in [0.29, 0.717) is 0 Å². The van der Waals surface area contributed by atoms with Crippen LogP contribution >= 0.6 is 40.0 Å². The molecule has 0 atom stereocenters. The summed E-state index contributed by atoms with van der Waals surface area (Å²) in [6.07, 6.45) is 0. The summed E-state index contributed by atoms with van der Waals surface area (Å²) in [5, 5.41) is 0. The fraction of sp³-hybridized carbons (Fsp3) is 0. The molecule has 0 aromatic heterocycles. The van der Waals surface area contributed by atoms with Crippen LogP contribution in [0, 0.1) is 39.9 Å². The molecule has 17 heteroatoms. The molecule has 0 aliphatic rings. The maximum atomic E-state index is 5.01. The Hall–Kier alpha value is 7.85. The minimum absolute atomic E-state index is 0. The molecule has 0 N–H and O–H groups in total. The Balaban J connectivity index is -0.00000000121. The maximum absolute atomic E-state index is 5.01. The van der Waals surface area contributed by atoms with Gasteiger partial charge >= 0.3 is 164 Å². The van der Waals surface area contributed by atoms with Gasteiger partial charge in [-0.15, -0.1) is 0 Å². The van der Waals surface area contributed by atoms with Gasteiger partial charge in [-0.25, -0.2) is 0 Å². The molecule has 0 nitrogen and oxygen atoms in total. The monoisotopic (exact) mass is 970 g/mol. The van der Waals surface area contributed by atoms with Crippen LogP contribution in [0.15, 0.2) is 0 Å². The smallest absolute Gasteiger partial charge is 2.00 e.